The van der Waals surface area contributed by atoms with Crippen molar-refractivity contribution < 1.29 is 13.6 Å². The Morgan fingerprint density at radius 3 is 2.63 bits per heavy atom. The number of amides is 1. The first-order valence-corrected chi connectivity index (χ1v) is 10.4. The number of rotatable bonds is 5. The highest BCUT2D eigenvalue weighted by atomic mass is 19.3. The van der Waals surface area contributed by atoms with E-state index in [0.29, 0.717) is 17.3 Å². The van der Waals surface area contributed by atoms with Gasteiger partial charge in [0.2, 0.25) is 11.5 Å². The highest BCUT2D eigenvalue weighted by Crippen LogP contribution is 2.40. The molecule has 0 bridgehead atoms. The van der Waals surface area contributed by atoms with Crippen LogP contribution in [0, 0.1) is 0 Å². The molecule has 0 aromatic carbocycles. The molecule has 3 heterocycles. The van der Waals surface area contributed by atoms with Crippen LogP contribution in [0.15, 0.2) is 41.5 Å². The summed E-state index contributed by atoms with van der Waals surface area (Å²) in [6.07, 6.45) is 6.40. The smallest absolute Gasteiger partial charge is 0.257 e. The summed E-state index contributed by atoms with van der Waals surface area (Å²) in [5.74, 6) is -3.22. The lowest BCUT2D eigenvalue weighted by Crippen LogP contribution is -2.52. The zero-order valence-electron chi connectivity index (χ0n) is 16.9. The minimum Gasteiger partial charge on any atom is -0.329 e. The molecular formula is C22H26F2N4O2. The van der Waals surface area contributed by atoms with Gasteiger partial charge in [0, 0.05) is 38.0 Å². The van der Waals surface area contributed by atoms with Crippen LogP contribution in [0.25, 0.3) is 0 Å². The van der Waals surface area contributed by atoms with Gasteiger partial charge in [-0.1, -0.05) is 18.6 Å². The van der Waals surface area contributed by atoms with Crippen molar-refractivity contribution in [3.05, 3.63) is 58.1 Å². The van der Waals surface area contributed by atoms with E-state index in [2.05, 4.69) is 15.3 Å². The summed E-state index contributed by atoms with van der Waals surface area (Å²) in [5, 5.41) is 2.80. The lowest BCUT2D eigenvalue weighted by atomic mass is 9.81. The Morgan fingerprint density at radius 1 is 1.27 bits per heavy atom. The topological polar surface area (TPSA) is 78.1 Å². The van der Waals surface area contributed by atoms with Crippen molar-refractivity contribution in [3.8, 4) is 0 Å². The van der Waals surface area contributed by atoms with Gasteiger partial charge in [0.15, 0.2) is 0 Å². The second kappa shape index (κ2) is 8.26. The first kappa shape index (κ1) is 20.7. The fourth-order valence-corrected chi connectivity index (χ4v) is 4.13. The Balaban J connectivity index is 1.41. The summed E-state index contributed by atoms with van der Waals surface area (Å²) in [6, 6.07) is 5.88. The van der Waals surface area contributed by atoms with Crippen LogP contribution < -0.4 is 10.9 Å². The number of aromatic amines is 1. The van der Waals surface area contributed by atoms with Crippen molar-refractivity contribution >= 4 is 11.7 Å². The molecule has 2 atom stereocenters. The van der Waals surface area contributed by atoms with E-state index in [4.69, 9.17) is 0 Å². The molecule has 2 N–H and O–H groups in total. The van der Waals surface area contributed by atoms with Gasteiger partial charge >= 0.3 is 0 Å². The molecule has 1 aliphatic carbocycles. The number of alkyl halides is 2. The van der Waals surface area contributed by atoms with Gasteiger partial charge in [0.1, 0.15) is 5.82 Å². The van der Waals surface area contributed by atoms with Gasteiger partial charge in [0.05, 0.1) is 12.0 Å². The van der Waals surface area contributed by atoms with E-state index in [1.54, 1.807) is 24.1 Å². The zero-order valence-corrected chi connectivity index (χ0v) is 16.9. The average molecular weight is 416 g/mol. The maximum absolute atomic E-state index is 14.5. The van der Waals surface area contributed by atoms with E-state index in [-0.39, 0.29) is 31.0 Å². The molecule has 1 aliphatic heterocycles. The Hall–Kier alpha value is -2.61. The van der Waals surface area contributed by atoms with Gasteiger partial charge in [0.25, 0.3) is 5.92 Å². The van der Waals surface area contributed by atoms with Crippen LogP contribution in [0.4, 0.5) is 14.6 Å². The van der Waals surface area contributed by atoms with E-state index < -0.39 is 17.9 Å². The van der Waals surface area contributed by atoms with Gasteiger partial charge < -0.3 is 10.3 Å². The molecule has 2 aliphatic rings. The van der Waals surface area contributed by atoms with Gasteiger partial charge in [-0.25, -0.2) is 13.8 Å². The molecule has 2 aromatic heterocycles. The molecule has 6 nitrogen and oxygen atoms in total. The van der Waals surface area contributed by atoms with E-state index in [0.717, 1.165) is 0 Å². The maximum Gasteiger partial charge on any atom is 0.257 e. The van der Waals surface area contributed by atoms with Crippen molar-refractivity contribution in [2.75, 3.05) is 18.4 Å². The van der Waals surface area contributed by atoms with Crippen molar-refractivity contribution in [1.29, 1.82) is 0 Å². The summed E-state index contributed by atoms with van der Waals surface area (Å²) in [6.45, 7) is 1.86. The minimum atomic E-state index is -2.90. The van der Waals surface area contributed by atoms with Crippen LogP contribution in [0.1, 0.15) is 55.6 Å². The number of anilines is 1. The molecule has 4 rings (SSSR count). The Bertz CT molecular complexity index is 936. The first-order chi connectivity index (χ1) is 14.3. The lowest BCUT2D eigenvalue weighted by molar-refractivity contribution is -0.125. The molecule has 0 spiro atoms. The number of nitrogens with zero attached hydrogens (tertiary/aromatic N) is 2. The Morgan fingerprint density at radius 2 is 2.03 bits per heavy atom. The van der Waals surface area contributed by atoms with Crippen LogP contribution in [-0.4, -0.2) is 45.8 Å². The molecule has 160 valence electrons. The SMILES string of the molecule is C[C@@H](C(=O)Nc1ccc(C2CCC2)cn1)N1CCC(F)(F)[C@@H](c2ccc(=O)[nH]c2)C1. The van der Waals surface area contributed by atoms with Crippen molar-refractivity contribution in [3.63, 3.8) is 0 Å². The van der Waals surface area contributed by atoms with Crippen molar-refractivity contribution in [2.24, 2.45) is 0 Å². The largest absolute Gasteiger partial charge is 0.329 e. The van der Waals surface area contributed by atoms with Gasteiger partial charge in [-0.05, 0) is 42.9 Å². The third-order valence-electron chi connectivity index (χ3n) is 6.41. The van der Waals surface area contributed by atoms with E-state index in [1.165, 1.54) is 43.2 Å². The molecular weight excluding hydrogens is 390 g/mol. The predicted molar refractivity (Wildman–Crippen MR) is 110 cm³/mol. The summed E-state index contributed by atoms with van der Waals surface area (Å²) in [7, 11) is 0. The number of pyridine rings is 2. The molecule has 2 aromatic rings. The number of piperidine rings is 1. The molecule has 1 amide bonds. The van der Waals surface area contributed by atoms with E-state index >= 15 is 0 Å². The number of nitrogens with one attached hydrogen (secondary N) is 2. The number of hydrogen-bond donors (Lipinski definition) is 2. The van der Waals surface area contributed by atoms with Gasteiger partial charge in [-0.15, -0.1) is 0 Å². The van der Waals surface area contributed by atoms with Crippen LogP contribution in [0.5, 0.6) is 0 Å². The van der Waals surface area contributed by atoms with E-state index in [9.17, 15) is 18.4 Å². The molecule has 30 heavy (non-hydrogen) atoms. The van der Waals surface area contributed by atoms with Crippen LogP contribution in [0.2, 0.25) is 0 Å². The molecule has 0 unspecified atom stereocenters. The zero-order chi connectivity index (χ0) is 21.3. The number of carbonyl (C=O) groups is 1. The molecule has 1 saturated heterocycles. The summed E-state index contributed by atoms with van der Waals surface area (Å²) in [4.78, 5) is 32.5. The number of carbonyl (C=O) groups excluding carboxylic acids is 1. The Kier molecular flexibility index (Phi) is 5.69. The predicted octanol–water partition coefficient (Wildman–Crippen LogP) is 3.49. The summed E-state index contributed by atoms with van der Waals surface area (Å²) >= 11 is 0. The number of aromatic nitrogens is 2. The molecule has 2 fully saturated rings. The van der Waals surface area contributed by atoms with Crippen molar-refractivity contribution in [1.82, 2.24) is 14.9 Å². The van der Waals surface area contributed by atoms with Crippen molar-refractivity contribution in [2.45, 2.75) is 56.4 Å². The highest BCUT2D eigenvalue weighted by Gasteiger charge is 2.46. The normalized spacial score (nSPS) is 22.8. The molecule has 1 saturated carbocycles. The lowest BCUT2D eigenvalue weighted by Gasteiger charge is -2.40. The third-order valence-corrected chi connectivity index (χ3v) is 6.41. The third kappa shape index (κ3) is 4.28. The average Bonchev–Trinajstić information content (AvgIpc) is 2.68. The van der Waals surface area contributed by atoms with Crippen LogP contribution in [0.3, 0.4) is 0 Å². The van der Waals surface area contributed by atoms with Crippen LogP contribution >= 0.6 is 0 Å². The number of halogens is 2. The monoisotopic (exact) mass is 416 g/mol. The second-order valence-electron chi connectivity index (χ2n) is 8.31. The fraction of sp³-hybridized carbons (Fsp3) is 0.500. The summed E-state index contributed by atoms with van der Waals surface area (Å²) < 4.78 is 29.1. The maximum atomic E-state index is 14.5. The standard InChI is InChI=1S/C22H26F2N4O2/c1-14(21(30)27-19-7-5-16(11-25-19)15-3-2-4-15)28-10-9-22(23,24)18(13-28)17-6-8-20(29)26-12-17/h5-8,11-12,14-15,18H,2-4,9-10,13H2,1H3,(H,26,29)(H,25,27,30)/t14-,18+/m0/s1. The fourth-order valence-electron chi connectivity index (χ4n) is 4.13. The molecule has 8 heteroatoms. The Labute approximate surface area is 173 Å². The number of H-pyrrole nitrogens is 1. The molecule has 0 radical (unpaired) electrons. The summed E-state index contributed by atoms with van der Waals surface area (Å²) in [5.41, 5.74) is 1.22. The van der Waals surface area contributed by atoms with Gasteiger partial charge in [-0.3, -0.25) is 14.5 Å². The van der Waals surface area contributed by atoms with Crippen LogP contribution in [-0.2, 0) is 4.79 Å². The van der Waals surface area contributed by atoms with E-state index in [1.807, 2.05) is 6.07 Å². The number of hydrogen-bond acceptors (Lipinski definition) is 4. The first-order valence-electron chi connectivity index (χ1n) is 10.4. The minimum absolute atomic E-state index is 0.0294. The second-order valence-corrected chi connectivity index (χ2v) is 8.31. The quantitative estimate of drug-likeness (QED) is 0.782. The highest BCUT2D eigenvalue weighted by molar-refractivity contribution is 5.93. The number of likely N-dealkylation sites (tertiary alicyclic amines) is 1. The van der Waals surface area contributed by atoms with Gasteiger partial charge in [-0.2, -0.15) is 0 Å².